The fourth-order valence-electron chi connectivity index (χ4n) is 3.47. The molecule has 0 bridgehead atoms. The summed E-state index contributed by atoms with van der Waals surface area (Å²) in [5.74, 6) is 0.645. The molecule has 1 amide bonds. The lowest BCUT2D eigenvalue weighted by Gasteiger charge is -2.06. The smallest absolute Gasteiger partial charge is 0.248 e. The van der Waals surface area contributed by atoms with E-state index in [1.54, 1.807) is 42.5 Å². The van der Waals surface area contributed by atoms with Gasteiger partial charge in [0.2, 0.25) is 5.91 Å². The lowest BCUT2D eigenvalue weighted by Crippen LogP contribution is -2.07. The molecule has 0 fully saturated rings. The summed E-state index contributed by atoms with van der Waals surface area (Å²) < 4.78 is 12.5. The molecule has 0 aliphatic heterocycles. The zero-order valence-electron chi connectivity index (χ0n) is 19.2. The van der Waals surface area contributed by atoms with Crippen LogP contribution in [0.2, 0.25) is 0 Å². The van der Waals surface area contributed by atoms with Gasteiger partial charge in [0.25, 0.3) is 0 Å². The SMILES string of the molecule is CCCCCCCCCCCCS(=O)c1ccc(NC(=O)C=Cc2ccc(O)cc2)cc1. The van der Waals surface area contributed by atoms with Crippen molar-refractivity contribution in [2.24, 2.45) is 0 Å². The molecule has 2 aromatic carbocycles. The topological polar surface area (TPSA) is 66.4 Å². The van der Waals surface area contributed by atoms with E-state index >= 15 is 0 Å². The largest absolute Gasteiger partial charge is 0.508 e. The lowest BCUT2D eigenvalue weighted by molar-refractivity contribution is -0.111. The third kappa shape index (κ3) is 10.8. The van der Waals surface area contributed by atoms with Crippen molar-refractivity contribution in [1.82, 2.24) is 0 Å². The van der Waals surface area contributed by atoms with Crippen LogP contribution in [0.3, 0.4) is 0 Å². The molecule has 5 heteroatoms. The third-order valence-electron chi connectivity index (χ3n) is 5.39. The Morgan fingerprint density at radius 3 is 2.00 bits per heavy atom. The van der Waals surface area contributed by atoms with E-state index < -0.39 is 10.8 Å². The van der Waals surface area contributed by atoms with Crippen LogP contribution in [0.1, 0.15) is 76.7 Å². The standard InChI is InChI=1S/C27H37NO3S/c1-2-3-4-5-6-7-8-9-10-11-22-32(31)26-19-15-24(16-20-26)28-27(30)21-14-23-12-17-25(29)18-13-23/h12-21,29H,2-11,22H2,1H3,(H,28,30). The Labute approximate surface area is 195 Å². The maximum atomic E-state index is 12.5. The monoisotopic (exact) mass is 455 g/mol. The Hall–Kier alpha value is -2.40. The van der Waals surface area contributed by atoms with Crippen molar-refractivity contribution in [2.45, 2.75) is 76.0 Å². The summed E-state index contributed by atoms with van der Waals surface area (Å²) in [6.45, 7) is 2.25. The van der Waals surface area contributed by atoms with E-state index in [4.69, 9.17) is 0 Å². The first kappa shape index (κ1) is 25.9. The number of phenolic OH excluding ortho intramolecular Hbond substituents is 1. The minimum Gasteiger partial charge on any atom is -0.508 e. The van der Waals surface area contributed by atoms with Gasteiger partial charge in [-0.15, -0.1) is 0 Å². The predicted octanol–water partition coefficient (Wildman–Crippen LogP) is 7.07. The number of benzene rings is 2. The van der Waals surface area contributed by atoms with Gasteiger partial charge in [-0.3, -0.25) is 9.00 Å². The first-order valence-electron chi connectivity index (χ1n) is 11.8. The van der Waals surface area contributed by atoms with Gasteiger partial charge in [-0.1, -0.05) is 76.8 Å². The van der Waals surface area contributed by atoms with Crippen molar-refractivity contribution >= 4 is 28.5 Å². The Bertz CT molecular complexity index is 844. The van der Waals surface area contributed by atoms with E-state index in [0.29, 0.717) is 11.4 Å². The summed E-state index contributed by atoms with van der Waals surface area (Å²) in [6, 6.07) is 13.8. The molecule has 4 nitrogen and oxygen atoms in total. The average molecular weight is 456 g/mol. The molecule has 0 spiro atoms. The Morgan fingerprint density at radius 1 is 0.844 bits per heavy atom. The average Bonchev–Trinajstić information content (AvgIpc) is 2.80. The van der Waals surface area contributed by atoms with Crippen LogP contribution in [0.15, 0.2) is 59.5 Å². The first-order chi connectivity index (χ1) is 15.6. The maximum absolute atomic E-state index is 12.5. The van der Waals surface area contributed by atoms with Gasteiger partial charge in [0, 0.05) is 22.4 Å². The Balaban J connectivity index is 1.63. The summed E-state index contributed by atoms with van der Waals surface area (Å²) >= 11 is 0. The molecule has 32 heavy (non-hydrogen) atoms. The molecule has 0 aromatic heterocycles. The van der Waals surface area contributed by atoms with E-state index in [2.05, 4.69) is 12.2 Å². The van der Waals surface area contributed by atoms with E-state index in [9.17, 15) is 14.1 Å². The lowest BCUT2D eigenvalue weighted by atomic mass is 10.1. The molecule has 1 unspecified atom stereocenters. The second-order valence-electron chi connectivity index (χ2n) is 8.17. The third-order valence-corrected chi connectivity index (χ3v) is 6.85. The molecular formula is C27H37NO3S. The summed E-state index contributed by atoms with van der Waals surface area (Å²) in [7, 11) is -0.994. The Morgan fingerprint density at radius 2 is 1.41 bits per heavy atom. The number of hydrogen-bond donors (Lipinski definition) is 2. The summed E-state index contributed by atoms with van der Waals surface area (Å²) in [5, 5.41) is 12.1. The van der Waals surface area contributed by atoms with Crippen molar-refractivity contribution in [2.75, 3.05) is 11.1 Å². The van der Waals surface area contributed by atoms with Crippen molar-refractivity contribution in [3.8, 4) is 5.75 Å². The number of nitrogens with one attached hydrogen (secondary N) is 1. The number of aromatic hydroxyl groups is 1. The van der Waals surface area contributed by atoms with E-state index in [0.717, 1.165) is 23.3 Å². The van der Waals surface area contributed by atoms with Gasteiger partial charge >= 0.3 is 0 Å². The van der Waals surface area contributed by atoms with Gasteiger partial charge < -0.3 is 10.4 Å². The molecule has 0 heterocycles. The van der Waals surface area contributed by atoms with Gasteiger partial charge in [-0.25, -0.2) is 0 Å². The van der Waals surface area contributed by atoms with Crippen molar-refractivity contribution < 1.29 is 14.1 Å². The van der Waals surface area contributed by atoms with Crippen LogP contribution in [0, 0.1) is 0 Å². The van der Waals surface area contributed by atoms with Crippen LogP contribution in [-0.4, -0.2) is 21.0 Å². The fraction of sp³-hybridized carbons (Fsp3) is 0.444. The van der Waals surface area contributed by atoms with Crippen LogP contribution < -0.4 is 5.32 Å². The molecule has 0 saturated carbocycles. The fourth-order valence-corrected chi connectivity index (χ4v) is 4.61. The summed E-state index contributed by atoms with van der Waals surface area (Å²) in [5.41, 5.74) is 1.50. The van der Waals surface area contributed by atoms with Crippen LogP contribution in [-0.2, 0) is 15.6 Å². The second-order valence-corrected chi connectivity index (χ2v) is 9.74. The number of carbonyl (C=O) groups is 1. The first-order valence-corrected chi connectivity index (χ1v) is 13.2. The molecule has 0 radical (unpaired) electrons. The highest BCUT2D eigenvalue weighted by molar-refractivity contribution is 7.85. The number of unbranched alkanes of at least 4 members (excludes halogenated alkanes) is 9. The summed E-state index contributed by atoms with van der Waals surface area (Å²) in [6.07, 6.45) is 15.8. The zero-order valence-corrected chi connectivity index (χ0v) is 20.0. The zero-order chi connectivity index (χ0) is 23.0. The highest BCUT2D eigenvalue weighted by Gasteiger charge is 2.05. The van der Waals surface area contributed by atoms with E-state index in [-0.39, 0.29) is 11.7 Å². The number of phenols is 1. The van der Waals surface area contributed by atoms with Gasteiger partial charge in [-0.2, -0.15) is 0 Å². The minimum absolute atomic E-state index is 0.192. The quantitative estimate of drug-likeness (QED) is 0.223. The van der Waals surface area contributed by atoms with Crippen molar-refractivity contribution in [3.05, 3.63) is 60.2 Å². The molecule has 174 valence electrons. The number of rotatable bonds is 15. The molecule has 0 aliphatic carbocycles. The molecule has 2 rings (SSSR count). The molecule has 0 saturated heterocycles. The van der Waals surface area contributed by atoms with Crippen molar-refractivity contribution in [3.63, 3.8) is 0 Å². The second kappa shape index (κ2) is 15.4. The van der Waals surface area contributed by atoms with Gasteiger partial charge in [0.1, 0.15) is 5.75 Å². The summed E-state index contributed by atoms with van der Waals surface area (Å²) in [4.78, 5) is 12.9. The van der Waals surface area contributed by atoms with E-state index in [1.807, 2.05) is 12.1 Å². The van der Waals surface area contributed by atoms with Crippen LogP contribution >= 0.6 is 0 Å². The number of amides is 1. The highest BCUT2D eigenvalue weighted by Crippen LogP contribution is 2.16. The Kier molecular flexibility index (Phi) is 12.5. The van der Waals surface area contributed by atoms with Crippen LogP contribution in [0.5, 0.6) is 5.75 Å². The minimum atomic E-state index is -0.994. The number of carbonyl (C=O) groups excluding carboxylic acids is 1. The normalized spacial score (nSPS) is 12.2. The number of hydrogen-bond acceptors (Lipinski definition) is 3. The van der Waals surface area contributed by atoms with Crippen LogP contribution in [0.25, 0.3) is 6.08 Å². The number of anilines is 1. The van der Waals surface area contributed by atoms with E-state index in [1.165, 1.54) is 57.4 Å². The molecule has 0 aliphatic rings. The molecule has 2 aromatic rings. The van der Waals surface area contributed by atoms with Gasteiger partial charge in [0.15, 0.2) is 0 Å². The van der Waals surface area contributed by atoms with Crippen LogP contribution in [0.4, 0.5) is 5.69 Å². The van der Waals surface area contributed by atoms with Crippen molar-refractivity contribution in [1.29, 1.82) is 0 Å². The molecule has 1 atom stereocenters. The maximum Gasteiger partial charge on any atom is 0.248 e. The molecular weight excluding hydrogens is 418 g/mol. The molecule has 2 N–H and O–H groups in total. The van der Waals surface area contributed by atoms with Gasteiger partial charge in [-0.05, 0) is 54.5 Å². The predicted molar refractivity (Wildman–Crippen MR) is 135 cm³/mol. The van der Waals surface area contributed by atoms with Gasteiger partial charge in [0.05, 0.1) is 10.8 Å². The highest BCUT2D eigenvalue weighted by atomic mass is 32.2.